The summed E-state index contributed by atoms with van der Waals surface area (Å²) in [5.41, 5.74) is 7.63. The van der Waals surface area contributed by atoms with Crippen molar-refractivity contribution in [2.24, 2.45) is 0 Å². The Morgan fingerprint density at radius 2 is 2.25 bits per heavy atom. The summed E-state index contributed by atoms with van der Waals surface area (Å²) >= 11 is 0. The number of terminal acetylenes is 1. The van der Waals surface area contributed by atoms with Crippen LogP contribution in [0, 0.1) is 19.3 Å². The van der Waals surface area contributed by atoms with Gasteiger partial charge in [-0.05, 0) is 36.6 Å². The van der Waals surface area contributed by atoms with E-state index in [0.717, 1.165) is 5.56 Å². The predicted molar refractivity (Wildman–Crippen MR) is 48.8 cm³/mol. The van der Waals surface area contributed by atoms with Crippen LogP contribution < -0.4 is 5.73 Å². The lowest BCUT2D eigenvalue weighted by Gasteiger charge is -2.00. The molecule has 60 valence electrons. The van der Waals surface area contributed by atoms with E-state index in [1.807, 2.05) is 12.8 Å². The SMILES string of the molecule is C#CC(=O)c1ccc(N)c(C)c1. The first-order chi connectivity index (χ1) is 5.65. The lowest BCUT2D eigenvalue weighted by Crippen LogP contribution is -1.97. The van der Waals surface area contributed by atoms with E-state index in [1.54, 1.807) is 18.2 Å². The third kappa shape index (κ3) is 1.46. The second kappa shape index (κ2) is 3.10. The predicted octanol–water partition coefficient (Wildman–Crippen LogP) is 1.39. The highest BCUT2D eigenvalue weighted by atomic mass is 16.1. The first-order valence-corrected chi connectivity index (χ1v) is 3.52. The van der Waals surface area contributed by atoms with Crippen molar-refractivity contribution in [1.29, 1.82) is 0 Å². The van der Waals surface area contributed by atoms with Gasteiger partial charge in [0.05, 0.1) is 0 Å². The van der Waals surface area contributed by atoms with Gasteiger partial charge in [0.15, 0.2) is 0 Å². The van der Waals surface area contributed by atoms with Gasteiger partial charge in [-0.15, -0.1) is 6.42 Å². The number of ketones is 1. The number of nitrogens with two attached hydrogens (primary N) is 1. The molecule has 0 saturated heterocycles. The van der Waals surface area contributed by atoms with Crippen molar-refractivity contribution >= 4 is 11.5 Å². The second-order valence-corrected chi connectivity index (χ2v) is 2.54. The number of aryl methyl sites for hydroxylation is 1. The highest BCUT2D eigenvalue weighted by molar-refractivity contribution is 6.08. The van der Waals surface area contributed by atoms with Crippen LogP contribution in [-0.2, 0) is 0 Å². The second-order valence-electron chi connectivity index (χ2n) is 2.54. The lowest BCUT2D eigenvalue weighted by molar-refractivity contribution is 0.105. The summed E-state index contributed by atoms with van der Waals surface area (Å²) in [6.07, 6.45) is 4.96. The highest BCUT2D eigenvalue weighted by Gasteiger charge is 2.02. The average molecular weight is 159 g/mol. The minimum atomic E-state index is -0.307. The first-order valence-electron chi connectivity index (χ1n) is 3.52. The number of benzene rings is 1. The van der Waals surface area contributed by atoms with E-state index in [1.165, 1.54) is 0 Å². The Morgan fingerprint density at radius 1 is 1.58 bits per heavy atom. The minimum absolute atomic E-state index is 0.307. The maximum Gasteiger partial charge on any atom is 0.235 e. The summed E-state index contributed by atoms with van der Waals surface area (Å²) < 4.78 is 0. The number of carbonyl (C=O) groups excluding carboxylic acids is 1. The van der Waals surface area contributed by atoms with E-state index in [0.29, 0.717) is 11.3 Å². The van der Waals surface area contributed by atoms with E-state index in [-0.39, 0.29) is 5.78 Å². The van der Waals surface area contributed by atoms with Crippen LogP contribution in [0.15, 0.2) is 18.2 Å². The van der Waals surface area contributed by atoms with Crippen molar-refractivity contribution in [2.45, 2.75) is 6.92 Å². The Hall–Kier alpha value is -1.75. The van der Waals surface area contributed by atoms with Gasteiger partial charge < -0.3 is 5.73 Å². The Labute approximate surface area is 71.4 Å². The Balaban J connectivity index is 3.15. The summed E-state index contributed by atoms with van der Waals surface area (Å²) in [6, 6.07) is 5.00. The van der Waals surface area contributed by atoms with Crippen LogP contribution in [0.2, 0.25) is 0 Å². The number of hydrogen-bond acceptors (Lipinski definition) is 2. The Bertz CT molecular complexity index is 361. The summed E-state index contributed by atoms with van der Waals surface area (Å²) in [7, 11) is 0. The Morgan fingerprint density at radius 3 is 2.75 bits per heavy atom. The van der Waals surface area contributed by atoms with Crippen molar-refractivity contribution in [3.8, 4) is 12.3 Å². The molecule has 0 radical (unpaired) electrons. The van der Waals surface area contributed by atoms with Gasteiger partial charge in [-0.1, -0.05) is 0 Å². The monoisotopic (exact) mass is 159 g/mol. The van der Waals surface area contributed by atoms with Gasteiger partial charge in [0.1, 0.15) is 0 Å². The smallest absolute Gasteiger partial charge is 0.235 e. The molecule has 0 aliphatic carbocycles. The van der Waals surface area contributed by atoms with Gasteiger partial charge in [0.2, 0.25) is 5.78 Å². The van der Waals surface area contributed by atoms with E-state index in [9.17, 15) is 4.79 Å². The van der Waals surface area contributed by atoms with E-state index >= 15 is 0 Å². The van der Waals surface area contributed by atoms with Gasteiger partial charge in [-0.3, -0.25) is 4.79 Å². The summed E-state index contributed by atoms with van der Waals surface area (Å²) in [5.74, 6) is 1.74. The van der Waals surface area contributed by atoms with Crippen LogP contribution in [0.5, 0.6) is 0 Å². The number of rotatable bonds is 1. The van der Waals surface area contributed by atoms with Crippen LogP contribution in [0.3, 0.4) is 0 Å². The fourth-order valence-corrected chi connectivity index (χ4v) is 0.900. The first kappa shape index (κ1) is 8.35. The van der Waals surface area contributed by atoms with Gasteiger partial charge in [-0.2, -0.15) is 0 Å². The third-order valence-corrected chi connectivity index (χ3v) is 1.66. The molecule has 0 amide bonds. The van der Waals surface area contributed by atoms with Gasteiger partial charge in [0.25, 0.3) is 0 Å². The van der Waals surface area contributed by atoms with Crippen LogP contribution in [0.4, 0.5) is 5.69 Å². The average Bonchev–Trinajstić information content (AvgIpc) is 2.08. The van der Waals surface area contributed by atoms with Crippen molar-refractivity contribution in [1.82, 2.24) is 0 Å². The minimum Gasteiger partial charge on any atom is -0.399 e. The summed E-state index contributed by atoms with van der Waals surface area (Å²) in [4.78, 5) is 11.0. The van der Waals surface area contributed by atoms with E-state index in [4.69, 9.17) is 12.2 Å². The molecule has 0 saturated carbocycles. The molecule has 1 aromatic rings. The van der Waals surface area contributed by atoms with Crippen LogP contribution >= 0.6 is 0 Å². The zero-order chi connectivity index (χ0) is 9.14. The van der Waals surface area contributed by atoms with E-state index in [2.05, 4.69) is 0 Å². The summed E-state index contributed by atoms with van der Waals surface area (Å²) in [6.45, 7) is 1.84. The molecule has 2 heteroatoms. The molecule has 2 nitrogen and oxygen atoms in total. The number of hydrogen-bond donors (Lipinski definition) is 1. The zero-order valence-corrected chi connectivity index (χ0v) is 6.79. The Kier molecular flexibility index (Phi) is 2.16. The molecule has 1 aromatic carbocycles. The molecule has 0 fully saturated rings. The number of carbonyl (C=O) groups is 1. The van der Waals surface area contributed by atoms with Gasteiger partial charge in [0, 0.05) is 11.3 Å². The lowest BCUT2D eigenvalue weighted by atomic mass is 10.1. The molecule has 1 rings (SSSR count). The van der Waals surface area contributed by atoms with Crippen molar-refractivity contribution in [3.05, 3.63) is 29.3 Å². The maximum absolute atomic E-state index is 11.0. The van der Waals surface area contributed by atoms with Crippen LogP contribution in [-0.4, -0.2) is 5.78 Å². The molecular weight excluding hydrogens is 150 g/mol. The molecule has 0 spiro atoms. The molecule has 0 unspecified atom stereocenters. The van der Waals surface area contributed by atoms with Crippen LogP contribution in [0.25, 0.3) is 0 Å². The molecule has 0 atom stereocenters. The zero-order valence-electron chi connectivity index (χ0n) is 6.79. The van der Waals surface area contributed by atoms with E-state index < -0.39 is 0 Å². The topological polar surface area (TPSA) is 43.1 Å². The van der Waals surface area contributed by atoms with Crippen molar-refractivity contribution in [3.63, 3.8) is 0 Å². The number of Topliss-reactive ketones (excluding diaryl/α,β-unsaturated/α-hetero) is 1. The fourth-order valence-electron chi connectivity index (χ4n) is 0.900. The standard InChI is InChI=1S/C10H9NO/c1-3-10(12)8-4-5-9(11)7(2)6-8/h1,4-6H,11H2,2H3. The molecule has 0 bridgehead atoms. The largest absolute Gasteiger partial charge is 0.399 e. The highest BCUT2D eigenvalue weighted by Crippen LogP contribution is 2.12. The van der Waals surface area contributed by atoms with Crippen molar-refractivity contribution in [2.75, 3.05) is 5.73 Å². The molecular formula is C10H9NO. The van der Waals surface area contributed by atoms with Crippen molar-refractivity contribution < 1.29 is 4.79 Å². The molecule has 0 heterocycles. The fraction of sp³-hybridized carbons (Fsp3) is 0.100. The third-order valence-electron chi connectivity index (χ3n) is 1.66. The quantitative estimate of drug-likeness (QED) is 0.291. The molecule has 0 aliphatic heterocycles. The van der Waals surface area contributed by atoms with Gasteiger partial charge in [-0.25, -0.2) is 0 Å². The number of anilines is 1. The van der Waals surface area contributed by atoms with Gasteiger partial charge >= 0.3 is 0 Å². The maximum atomic E-state index is 11.0. The molecule has 2 N–H and O–H groups in total. The summed E-state index contributed by atoms with van der Waals surface area (Å²) in [5, 5.41) is 0. The molecule has 0 aromatic heterocycles. The normalized spacial score (nSPS) is 9.00. The van der Waals surface area contributed by atoms with Crippen LogP contribution in [0.1, 0.15) is 15.9 Å². The number of nitrogen functional groups attached to an aromatic ring is 1. The molecule has 12 heavy (non-hydrogen) atoms. The molecule has 0 aliphatic rings.